The molecule has 0 aliphatic carbocycles. The maximum absolute atomic E-state index is 13.6. The molecule has 1 N–H and O–H groups in total. The number of aromatic nitrogens is 1. The minimum absolute atomic E-state index is 0.152. The number of benzene rings is 2. The highest BCUT2D eigenvalue weighted by atomic mass is 32.1. The van der Waals surface area contributed by atoms with Crippen LogP contribution in [0, 0.1) is 13.8 Å². The van der Waals surface area contributed by atoms with Gasteiger partial charge in [0.15, 0.2) is 0 Å². The zero-order valence-corrected chi connectivity index (χ0v) is 18.3. The highest BCUT2D eigenvalue weighted by Crippen LogP contribution is 2.34. The third kappa shape index (κ3) is 3.87. The van der Waals surface area contributed by atoms with Gasteiger partial charge in [0.2, 0.25) is 5.91 Å². The van der Waals surface area contributed by atoms with Crippen molar-refractivity contribution in [3.05, 3.63) is 75.2 Å². The minimum atomic E-state index is -0.569. The SMILES string of the molecule is CCc1nc(C)c(C(=O)N2c3ccccc3CCC2C(=O)Nc2ccc(C)cc2)s1. The zero-order valence-electron chi connectivity index (χ0n) is 17.4. The molecule has 0 radical (unpaired) electrons. The van der Waals surface area contributed by atoms with Gasteiger partial charge in [-0.3, -0.25) is 14.5 Å². The molecule has 1 aromatic heterocycles. The van der Waals surface area contributed by atoms with Crippen LogP contribution < -0.4 is 10.2 Å². The van der Waals surface area contributed by atoms with E-state index in [1.54, 1.807) is 4.90 Å². The second-order valence-corrected chi connectivity index (χ2v) is 8.67. The number of rotatable bonds is 4. The lowest BCUT2D eigenvalue weighted by molar-refractivity contribution is -0.117. The molecule has 0 saturated heterocycles. The van der Waals surface area contributed by atoms with Crippen LogP contribution in [0.15, 0.2) is 48.5 Å². The van der Waals surface area contributed by atoms with Gasteiger partial charge in [0.05, 0.1) is 10.7 Å². The zero-order chi connectivity index (χ0) is 21.3. The first kappa shape index (κ1) is 20.3. The normalized spacial score (nSPS) is 15.6. The van der Waals surface area contributed by atoms with E-state index in [4.69, 9.17) is 0 Å². The third-order valence-corrected chi connectivity index (χ3v) is 6.72. The lowest BCUT2D eigenvalue weighted by atomic mass is 9.94. The van der Waals surface area contributed by atoms with Gasteiger partial charge in [-0.15, -0.1) is 11.3 Å². The highest BCUT2D eigenvalue weighted by Gasteiger charge is 2.37. The van der Waals surface area contributed by atoms with Crippen molar-refractivity contribution in [2.75, 3.05) is 10.2 Å². The van der Waals surface area contributed by atoms with Crippen molar-refractivity contribution in [2.24, 2.45) is 0 Å². The van der Waals surface area contributed by atoms with E-state index >= 15 is 0 Å². The molecule has 3 aromatic rings. The van der Waals surface area contributed by atoms with Gasteiger partial charge in [0.25, 0.3) is 5.91 Å². The molecular weight excluding hydrogens is 394 g/mol. The molecule has 5 nitrogen and oxygen atoms in total. The Morgan fingerprint density at radius 1 is 1.13 bits per heavy atom. The van der Waals surface area contributed by atoms with Crippen molar-refractivity contribution in [2.45, 2.75) is 46.1 Å². The minimum Gasteiger partial charge on any atom is -0.324 e. The molecule has 2 aromatic carbocycles. The second kappa shape index (κ2) is 8.40. The predicted octanol–water partition coefficient (Wildman–Crippen LogP) is 4.92. The van der Waals surface area contributed by atoms with Gasteiger partial charge in [-0.25, -0.2) is 4.98 Å². The first-order valence-electron chi connectivity index (χ1n) is 10.2. The summed E-state index contributed by atoms with van der Waals surface area (Å²) in [5.74, 6) is -0.319. The molecule has 2 amide bonds. The van der Waals surface area contributed by atoms with Crippen LogP contribution in [0.4, 0.5) is 11.4 Å². The van der Waals surface area contributed by atoms with Gasteiger partial charge >= 0.3 is 0 Å². The summed E-state index contributed by atoms with van der Waals surface area (Å²) in [5.41, 5.74) is 4.48. The summed E-state index contributed by atoms with van der Waals surface area (Å²) in [7, 11) is 0. The number of aryl methyl sites for hydroxylation is 4. The molecule has 0 fully saturated rings. The van der Waals surface area contributed by atoms with E-state index in [1.165, 1.54) is 11.3 Å². The van der Waals surface area contributed by atoms with Crippen LogP contribution in [0.2, 0.25) is 0 Å². The molecule has 1 aliphatic rings. The Bertz CT molecular complexity index is 1090. The topological polar surface area (TPSA) is 62.3 Å². The Morgan fingerprint density at radius 2 is 1.87 bits per heavy atom. The maximum Gasteiger partial charge on any atom is 0.271 e. The number of para-hydroxylation sites is 1. The number of hydrogen-bond acceptors (Lipinski definition) is 4. The van der Waals surface area contributed by atoms with Gasteiger partial charge in [-0.05, 0) is 56.9 Å². The average molecular weight is 420 g/mol. The summed E-state index contributed by atoms with van der Waals surface area (Å²) < 4.78 is 0. The molecule has 0 bridgehead atoms. The summed E-state index contributed by atoms with van der Waals surface area (Å²) in [6, 6.07) is 15.0. The Labute approximate surface area is 180 Å². The van der Waals surface area contributed by atoms with Gasteiger partial charge in [0.1, 0.15) is 10.9 Å². The Hall–Kier alpha value is -2.99. The standard InChI is InChI=1S/C24H25N3O2S/c1-4-21-25-16(3)22(30-21)24(29)27-19-8-6-5-7-17(19)11-14-20(27)23(28)26-18-12-9-15(2)10-13-18/h5-10,12-13,20H,4,11,14H2,1-3H3,(H,26,28). The molecule has 0 saturated carbocycles. The lowest BCUT2D eigenvalue weighted by Crippen LogP contribution is -2.50. The van der Waals surface area contributed by atoms with E-state index in [0.717, 1.165) is 46.0 Å². The number of fused-ring (bicyclic) bond motifs is 1. The van der Waals surface area contributed by atoms with Crippen LogP contribution >= 0.6 is 11.3 Å². The van der Waals surface area contributed by atoms with Crippen LogP contribution in [0.3, 0.4) is 0 Å². The van der Waals surface area contributed by atoms with Crippen LogP contribution in [0.5, 0.6) is 0 Å². The number of nitrogens with one attached hydrogen (secondary N) is 1. The van der Waals surface area contributed by atoms with Gasteiger partial charge < -0.3 is 5.32 Å². The fraction of sp³-hybridized carbons (Fsp3) is 0.292. The Kier molecular flexibility index (Phi) is 5.68. The Balaban J connectivity index is 1.70. The summed E-state index contributed by atoms with van der Waals surface area (Å²) in [6.07, 6.45) is 2.12. The quantitative estimate of drug-likeness (QED) is 0.653. The van der Waals surface area contributed by atoms with Crippen molar-refractivity contribution in [1.82, 2.24) is 4.98 Å². The molecule has 0 spiro atoms. The third-order valence-electron chi connectivity index (χ3n) is 5.43. The van der Waals surface area contributed by atoms with Gasteiger partial charge in [-0.1, -0.05) is 42.8 Å². The molecule has 30 heavy (non-hydrogen) atoms. The van der Waals surface area contributed by atoms with E-state index in [1.807, 2.05) is 69.3 Å². The Morgan fingerprint density at radius 3 is 2.57 bits per heavy atom. The molecular formula is C24H25N3O2S. The first-order chi connectivity index (χ1) is 14.5. The van der Waals surface area contributed by atoms with E-state index in [2.05, 4.69) is 10.3 Å². The number of amides is 2. The lowest BCUT2D eigenvalue weighted by Gasteiger charge is -2.36. The van der Waals surface area contributed by atoms with Crippen molar-refractivity contribution in [1.29, 1.82) is 0 Å². The predicted molar refractivity (Wildman–Crippen MR) is 121 cm³/mol. The summed E-state index contributed by atoms with van der Waals surface area (Å²) >= 11 is 1.42. The molecule has 2 heterocycles. The van der Waals surface area contributed by atoms with Crippen LogP contribution in [-0.4, -0.2) is 22.8 Å². The van der Waals surface area contributed by atoms with E-state index in [0.29, 0.717) is 11.3 Å². The summed E-state index contributed by atoms with van der Waals surface area (Å²) in [5, 5.41) is 3.92. The van der Waals surface area contributed by atoms with E-state index in [-0.39, 0.29) is 11.8 Å². The van der Waals surface area contributed by atoms with Crippen LogP contribution in [-0.2, 0) is 17.6 Å². The molecule has 154 valence electrons. The fourth-order valence-electron chi connectivity index (χ4n) is 3.82. The van der Waals surface area contributed by atoms with Crippen molar-refractivity contribution < 1.29 is 9.59 Å². The van der Waals surface area contributed by atoms with Crippen LogP contribution in [0.25, 0.3) is 0 Å². The van der Waals surface area contributed by atoms with Gasteiger partial charge in [-0.2, -0.15) is 0 Å². The second-order valence-electron chi connectivity index (χ2n) is 7.59. The summed E-state index contributed by atoms with van der Waals surface area (Å²) in [6.45, 7) is 5.90. The number of carbonyl (C=O) groups is 2. The fourth-order valence-corrected chi connectivity index (χ4v) is 4.76. The number of hydrogen-bond donors (Lipinski definition) is 1. The molecule has 1 aliphatic heterocycles. The summed E-state index contributed by atoms with van der Waals surface area (Å²) in [4.78, 5) is 33.7. The first-order valence-corrected chi connectivity index (χ1v) is 11.0. The average Bonchev–Trinajstić information content (AvgIpc) is 3.14. The number of nitrogens with zero attached hydrogens (tertiary/aromatic N) is 2. The molecule has 1 atom stereocenters. The van der Waals surface area contributed by atoms with Gasteiger partial charge in [0, 0.05) is 11.4 Å². The number of carbonyl (C=O) groups excluding carboxylic acids is 2. The van der Waals surface area contributed by atoms with E-state index in [9.17, 15) is 9.59 Å². The van der Waals surface area contributed by atoms with E-state index < -0.39 is 6.04 Å². The van der Waals surface area contributed by atoms with Crippen molar-refractivity contribution in [3.63, 3.8) is 0 Å². The molecule has 1 unspecified atom stereocenters. The molecule has 6 heteroatoms. The largest absolute Gasteiger partial charge is 0.324 e. The van der Waals surface area contributed by atoms with Crippen LogP contribution in [0.1, 0.15) is 44.8 Å². The number of thiazole rings is 1. The maximum atomic E-state index is 13.6. The smallest absolute Gasteiger partial charge is 0.271 e. The molecule has 4 rings (SSSR count). The van der Waals surface area contributed by atoms with Crippen molar-refractivity contribution >= 4 is 34.5 Å². The number of anilines is 2. The monoisotopic (exact) mass is 419 g/mol. The highest BCUT2D eigenvalue weighted by molar-refractivity contribution is 7.14. The van der Waals surface area contributed by atoms with Crippen molar-refractivity contribution in [3.8, 4) is 0 Å².